The third kappa shape index (κ3) is 6.57. The Morgan fingerprint density at radius 1 is 1.03 bits per heavy atom. The van der Waals surface area contributed by atoms with Gasteiger partial charge in [-0.05, 0) is 70.0 Å². The average Bonchev–Trinajstić information content (AvgIpc) is 3.38. The highest BCUT2D eigenvalue weighted by molar-refractivity contribution is 6.11. The fourth-order valence-corrected chi connectivity index (χ4v) is 4.66. The largest absolute Gasteiger partial charge is 0.494 e. The van der Waals surface area contributed by atoms with Gasteiger partial charge in [-0.15, -0.1) is 0 Å². The average molecular weight is 518 g/mol. The van der Waals surface area contributed by atoms with Gasteiger partial charge >= 0.3 is 6.09 Å². The summed E-state index contributed by atoms with van der Waals surface area (Å²) in [5.41, 5.74) is 1.91. The Kier molecular flexibility index (Phi) is 8.45. The van der Waals surface area contributed by atoms with Crippen molar-refractivity contribution in [3.05, 3.63) is 66.2 Å². The summed E-state index contributed by atoms with van der Waals surface area (Å²) in [6.45, 7) is 9.99. The van der Waals surface area contributed by atoms with Crippen LogP contribution in [0.15, 0.2) is 60.7 Å². The molecule has 0 radical (unpaired) electrons. The van der Waals surface area contributed by atoms with Gasteiger partial charge < -0.3 is 24.6 Å². The van der Waals surface area contributed by atoms with Crippen molar-refractivity contribution in [1.82, 2.24) is 4.90 Å². The Balaban J connectivity index is 1.47. The predicted molar refractivity (Wildman–Crippen MR) is 153 cm³/mol. The van der Waals surface area contributed by atoms with Crippen LogP contribution in [0.5, 0.6) is 5.75 Å². The van der Waals surface area contributed by atoms with E-state index in [1.54, 1.807) is 17.0 Å². The van der Waals surface area contributed by atoms with Crippen molar-refractivity contribution in [3.63, 3.8) is 0 Å². The van der Waals surface area contributed by atoms with Crippen molar-refractivity contribution >= 4 is 34.1 Å². The molecule has 0 bridgehead atoms. The number of amides is 2. The Bertz CT molecular complexity index is 1270. The number of ether oxygens (including phenoxy) is 2. The number of carbonyl (C=O) groups excluding carboxylic acids is 2. The highest BCUT2D eigenvalue weighted by Gasteiger charge is 2.31. The van der Waals surface area contributed by atoms with Gasteiger partial charge in [-0.3, -0.25) is 4.79 Å². The van der Waals surface area contributed by atoms with E-state index in [4.69, 9.17) is 9.47 Å². The van der Waals surface area contributed by atoms with Crippen LogP contribution in [-0.4, -0.2) is 55.3 Å². The van der Waals surface area contributed by atoms with E-state index >= 15 is 0 Å². The minimum atomic E-state index is -0.523. The molecular weight excluding hydrogens is 478 g/mol. The standard InChI is InChI=1S/C31H39N3O4/c1-6-7-20-37-24-14-12-22(13-15-24)29(35)32-27-16-17-28(26-11-9-8-10-25(26)27)34-19-18-23(21-34)33(5)30(36)38-31(2,3)4/h8-17,23H,6-7,18-21H2,1-5H3,(H,32,35). The molecule has 0 aromatic heterocycles. The van der Waals surface area contributed by atoms with Crippen molar-refractivity contribution in [2.75, 3.05) is 37.0 Å². The number of nitrogens with one attached hydrogen (secondary N) is 1. The minimum absolute atomic E-state index is 0.0666. The summed E-state index contributed by atoms with van der Waals surface area (Å²) in [5.74, 6) is 0.606. The second kappa shape index (κ2) is 11.8. The zero-order chi connectivity index (χ0) is 27.3. The molecule has 3 aromatic rings. The number of carbonyl (C=O) groups is 2. The Morgan fingerprint density at radius 2 is 1.74 bits per heavy atom. The normalized spacial score (nSPS) is 15.4. The van der Waals surface area contributed by atoms with Crippen LogP contribution >= 0.6 is 0 Å². The number of unbranched alkanes of at least 4 members (excludes halogenated alkanes) is 1. The Hall–Kier alpha value is -3.74. The fraction of sp³-hybridized carbons (Fsp3) is 0.419. The van der Waals surface area contributed by atoms with E-state index in [0.717, 1.165) is 60.2 Å². The second-order valence-corrected chi connectivity index (χ2v) is 10.8. The van der Waals surface area contributed by atoms with Crippen LogP contribution in [0, 0.1) is 0 Å². The van der Waals surface area contributed by atoms with Crippen molar-refractivity contribution in [1.29, 1.82) is 0 Å². The lowest BCUT2D eigenvalue weighted by molar-refractivity contribution is 0.0238. The van der Waals surface area contributed by atoms with Gasteiger partial charge in [-0.2, -0.15) is 0 Å². The third-order valence-electron chi connectivity index (χ3n) is 6.77. The van der Waals surface area contributed by atoms with E-state index in [1.807, 2.05) is 64.2 Å². The number of hydrogen-bond acceptors (Lipinski definition) is 5. The lowest BCUT2D eigenvalue weighted by Gasteiger charge is -2.29. The molecule has 0 saturated carbocycles. The highest BCUT2D eigenvalue weighted by atomic mass is 16.6. The topological polar surface area (TPSA) is 71.1 Å². The van der Waals surface area contributed by atoms with Gasteiger partial charge in [0.1, 0.15) is 11.4 Å². The van der Waals surface area contributed by atoms with Crippen LogP contribution in [0.3, 0.4) is 0 Å². The molecular formula is C31H39N3O4. The van der Waals surface area contributed by atoms with Crippen LogP contribution in [0.4, 0.5) is 16.2 Å². The highest BCUT2D eigenvalue weighted by Crippen LogP contribution is 2.35. The number of rotatable bonds is 8. The summed E-state index contributed by atoms with van der Waals surface area (Å²) in [5, 5.41) is 5.12. The molecule has 1 heterocycles. The quantitative estimate of drug-likeness (QED) is 0.336. The Morgan fingerprint density at radius 3 is 2.42 bits per heavy atom. The maximum absolute atomic E-state index is 13.0. The molecule has 4 rings (SSSR count). The maximum atomic E-state index is 13.0. The number of anilines is 2. The first kappa shape index (κ1) is 27.3. The molecule has 7 nitrogen and oxygen atoms in total. The summed E-state index contributed by atoms with van der Waals surface area (Å²) >= 11 is 0. The van der Waals surface area contributed by atoms with Crippen LogP contribution in [0.1, 0.15) is 57.3 Å². The van der Waals surface area contributed by atoms with Gasteiger partial charge in [0.25, 0.3) is 5.91 Å². The molecule has 1 N–H and O–H groups in total. The molecule has 1 saturated heterocycles. The fourth-order valence-electron chi connectivity index (χ4n) is 4.66. The zero-order valence-corrected chi connectivity index (χ0v) is 23.1. The first-order valence-electron chi connectivity index (χ1n) is 13.4. The minimum Gasteiger partial charge on any atom is -0.494 e. The van der Waals surface area contributed by atoms with Gasteiger partial charge in [0.05, 0.1) is 12.6 Å². The first-order chi connectivity index (χ1) is 18.2. The Labute approximate surface area is 225 Å². The number of likely N-dealkylation sites (N-methyl/N-ethyl adjacent to an activating group) is 1. The van der Waals surface area contributed by atoms with Gasteiger partial charge in [0, 0.05) is 47.8 Å². The SMILES string of the molecule is CCCCOc1ccc(C(=O)Nc2ccc(N3CCC(N(C)C(=O)OC(C)(C)C)C3)c3ccccc23)cc1. The van der Waals surface area contributed by atoms with E-state index in [2.05, 4.69) is 29.3 Å². The first-order valence-corrected chi connectivity index (χ1v) is 13.4. The molecule has 1 aliphatic rings. The molecule has 1 unspecified atom stereocenters. The number of fused-ring (bicyclic) bond motifs is 1. The van der Waals surface area contributed by atoms with Crippen LogP contribution in [0.25, 0.3) is 10.8 Å². The molecule has 0 aliphatic carbocycles. The van der Waals surface area contributed by atoms with Gasteiger partial charge in [0.15, 0.2) is 0 Å². The predicted octanol–water partition coefficient (Wildman–Crippen LogP) is 6.72. The van der Waals surface area contributed by atoms with Crippen molar-refractivity contribution in [2.24, 2.45) is 0 Å². The molecule has 1 atom stereocenters. The summed E-state index contributed by atoms with van der Waals surface area (Å²) in [6.07, 6.45) is 2.65. The number of nitrogens with zero attached hydrogens (tertiary/aromatic N) is 2. The molecule has 7 heteroatoms. The molecule has 1 fully saturated rings. The maximum Gasteiger partial charge on any atom is 0.410 e. The number of benzene rings is 3. The van der Waals surface area contributed by atoms with Gasteiger partial charge in [-0.1, -0.05) is 37.6 Å². The summed E-state index contributed by atoms with van der Waals surface area (Å²) in [7, 11) is 1.81. The van der Waals surface area contributed by atoms with E-state index in [1.165, 1.54) is 0 Å². The van der Waals surface area contributed by atoms with Gasteiger partial charge in [-0.25, -0.2) is 4.79 Å². The van der Waals surface area contributed by atoms with E-state index in [0.29, 0.717) is 12.2 Å². The van der Waals surface area contributed by atoms with Crippen molar-refractivity contribution in [3.8, 4) is 5.75 Å². The van der Waals surface area contributed by atoms with Crippen LogP contribution in [-0.2, 0) is 4.74 Å². The lowest BCUT2D eigenvalue weighted by Crippen LogP contribution is -2.42. The van der Waals surface area contributed by atoms with E-state index in [9.17, 15) is 9.59 Å². The summed E-state index contributed by atoms with van der Waals surface area (Å²) in [6, 6.07) is 19.4. The van der Waals surface area contributed by atoms with Crippen molar-refractivity contribution < 1.29 is 19.1 Å². The summed E-state index contributed by atoms with van der Waals surface area (Å²) in [4.78, 5) is 29.6. The smallest absolute Gasteiger partial charge is 0.410 e. The van der Waals surface area contributed by atoms with Crippen LogP contribution < -0.4 is 15.0 Å². The second-order valence-electron chi connectivity index (χ2n) is 10.8. The molecule has 1 aliphatic heterocycles. The summed E-state index contributed by atoms with van der Waals surface area (Å²) < 4.78 is 11.3. The molecule has 2 amide bonds. The molecule has 202 valence electrons. The van der Waals surface area contributed by atoms with Gasteiger partial charge in [0.2, 0.25) is 0 Å². The zero-order valence-electron chi connectivity index (χ0n) is 23.1. The third-order valence-corrected chi connectivity index (χ3v) is 6.77. The van der Waals surface area contributed by atoms with Crippen molar-refractivity contribution in [2.45, 2.75) is 58.6 Å². The van der Waals surface area contributed by atoms with E-state index in [-0.39, 0.29) is 18.0 Å². The molecule has 0 spiro atoms. The van der Waals surface area contributed by atoms with Crippen LogP contribution in [0.2, 0.25) is 0 Å². The molecule has 3 aromatic carbocycles. The number of hydrogen-bond donors (Lipinski definition) is 1. The van der Waals surface area contributed by atoms with E-state index < -0.39 is 5.60 Å². The monoisotopic (exact) mass is 517 g/mol. The lowest BCUT2D eigenvalue weighted by atomic mass is 10.1. The molecule has 38 heavy (non-hydrogen) atoms.